The average molecular weight is 253 g/mol. The molecule has 0 fully saturated rings. The number of nitrogens with zero attached hydrogens (tertiary/aromatic N) is 1. The largest absolute Gasteiger partial charge is 0.507 e. The molecule has 1 rings (SSSR count). The predicted molar refractivity (Wildman–Crippen MR) is 67.2 cm³/mol. The van der Waals surface area contributed by atoms with Crippen LogP contribution in [0.4, 0.5) is 0 Å². The van der Waals surface area contributed by atoms with Crippen LogP contribution in [0.1, 0.15) is 22.8 Å². The maximum Gasteiger partial charge on any atom is 0.339 e. The van der Waals surface area contributed by atoms with Gasteiger partial charge in [0.05, 0.1) is 7.11 Å². The Balaban J connectivity index is 3.20. The van der Waals surface area contributed by atoms with Crippen molar-refractivity contribution < 1.29 is 19.7 Å². The number of rotatable bonds is 4. The summed E-state index contributed by atoms with van der Waals surface area (Å²) in [7, 11) is 4.94. The summed E-state index contributed by atoms with van der Waals surface area (Å²) in [5.74, 6) is -0.848. The minimum atomic E-state index is -1.46. The van der Waals surface area contributed by atoms with Crippen LogP contribution in [0.15, 0.2) is 12.1 Å². The fourth-order valence-corrected chi connectivity index (χ4v) is 1.79. The first-order chi connectivity index (χ1) is 8.36. The Morgan fingerprint density at radius 2 is 2.06 bits per heavy atom. The van der Waals surface area contributed by atoms with E-state index in [0.29, 0.717) is 12.1 Å². The molecule has 0 saturated carbocycles. The van der Waals surface area contributed by atoms with Crippen LogP contribution in [-0.2, 0) is 16.1 Å². The highest BCUT2D eigenvalue weighted by Gasteiger charge is 2.23. The van der Waals surface area contributed by atoms with E-state index in [2.05, 4.69) is 4.74 Å². The molecule has 1 aromatic carbocycles. The molecule has 0 aliphatic carbocycles. The minimum Gasteiger partial charge on any atom is -0.507 e. The third-order valence-electron chi connectivity index (χ3n) is 2.57. The Kier molecular flexibility index (Phi) is 4.69. The number of aryl methyl sites for hydroxylation is 1. The van der Waals surface area contributed by atoms with Crippen LogP contribution in [0.25, 0.3) is 0 Å². The van der Waals surface area contributed by atoms with Crippen LogP contribution >= 0.6 is 0 Å². The van der Waals surface area contributed by atoms with Crippen molar-refractivity contribution in [2.45, 2.75) is 19.6 Å². The fraction of sp³-hybridized carbons (Fsp3) is 0.462. The van der Waals surface area contributed by atoms with Gasteiger partial charge in [0.15, 0.2) is 6.10 Å². The summed E-state index contributed by atoms with van der Waals surface area (Å²) in [5.41, 5.74) is 1.71. The number of hydrogen-bond acceptors (Lipinski definition) is 5. The molecule has 5 nitrogen and oxygen atoms in total. The lowest BCUT2D eigenvalue weighted by Gasteiger charge is -2.17. The zero-order chi connectivity index (χ0) is 13.9. The number of phenols is 1. The van der Waals surface area contributed by atoms with Gasteiger partial charge in [-0.2, -0.15) is 0 Å². The Morgan fingerprint density at radius 1 is 1.44 bits per heavy atom. The van der Waals surface area contributed by atoms with E-state index in [9.17, 15) is 15.0 Å². The Morgan fingerprint density at radius 3 is 2.56 bits per heavy atom. The van der Waals surface area contributed by atoms with Crippen molar-refractivity contribution in [1.82, 2.24) is 4.90 Å². The van der Waals surface area contributed by atoms with Crippen molar-refractivity contribution >= 4 is 5.97 Å². The number of aromatic hydroxyl groups is 1. The first-order valence-electron chi connectivity index (χ1n) is 5.59. The first-order valence-corrected chi connectivity index (χ1v) is 5.59. The average Bonchev–Trinajstić information content (AvgIpc) is 2.30. The Bertz CT molecular complexity index is 443. The standard InChI is InChI=1S/C13H19NO4/c1-8-5-9(7-14(2)3)11(15)10(6-8)12(16)13(17)18-4/h5-6,12,15-16H,7H2,1-4H3. The van der Waals surface area contributed by atoms with Gasteiger partial charge in [0.2, 0.25) is 0 Å². The molecule has 1 aromatic rings. The van der Waals surface area contributed by atoms with Gasteiger partial charge in [0, 0.05) is 17.7 Å². The second-order valence-electron chi connectivity index (χ2n) is 4.53. The molecule has 0 aromatic heterocycles. The summed E-state index contributed by atoms with van der Waals surface area (Å²) in [6.07, 6.45) is -1.46. The summed E-state index contributed by atoms with van der Waals surface area (Å²) >= 11 is 0. The van der Waals surface area contributed by atoms with Crippen LogP contribution < -0.4 is 0 Å². The zero-order valence-corrected chi connectivity index (χ0v) is 11.1. The van der Waals surface area contributed by atoms with E-state index in [1.807, 2.05) is 32.0 Å². The molecule has 0 bridgehead atoms. The predicted octanol–water partition coefficient (Wildman–Crippen LogP) is 0.969. The number of carbonyl (C=O) groups is 1. The highest BCUT2D eigenvalue weighted by atomic mass is 16.5. The topological polar surface area (TPSA) is 70.0 Å². The summed E-state index contributed by atoms with van der Waals surface area (Å²) in [4.78, 5) is 13.2. The molecule has 100 valence electrons. The Labute approximate surface area is 107 Å². The van der Waals surface area contributed by atoms with E-state index >= 15 is 0 Å². The number of esters is 1. The number of aliphatic hydroxyl groups is 1. The maximum absolute atomic E-state index is 11.3. The third-order valence-corrected chi connectivity index (χ3v) is 2.57. The van der Waals surface area contributed by atoms with E-state index in [4.69, 9.17) is 0 Å². The van der Waals surface area contributed by atoms with Crippen LogP contribution in [0.2, 0.25) is 0 Å². The Hall–Kier alpha value is -1.59. The summed E-state index contributed by atoms with van der Waals surface area (Å²) in [6.45, 7) is 2.36. The molecule has 0 amide bonds. The molecule has 0 aliphatic heterocycles. The molecule has 5 heteroatoms. The van der Waals surface area contributed by atoms with E-state index in [-0.39, 0.29) is 11.3 Å². The summed E-state index contributed by atoms with van der Waals surface area (Å²) in [6, 6.07) is 3.40. The molecule has 0 heterocycles. The van der Waals surface area contributed by atoms with E-state index in [0.717, 1.165) is 5.56 Å². The smallest absolute Gasteiger partial charge is 0.339 e. The first kappa shape index (κ1) is 14.5. The highest BCUT2D eigenvalue weighted by molar-refractivity contribution is 5.77. The van der Waals surface area contributed by atoms with Gasteiger partial charge in [-0.05, 0) is 27.1 Å². The van der Waals surface area contributed by atoms with Crippen molar-refractivity contribution in [3.63, 3.8) is 0 Å². The molecule has 2 N–H and O–H groups in total. The number of methoxy groups -OCH3 is 1. The lowest BCUT2D eigenvalue weighted by molar-refractivity contribution is -0.150. The number of aliphatic hydroxyl groups excluding tert-OH is 1. The van der Waals surface area contributed by atoms with Crippen LogP contribution in [0.5, 0.6) is 5.75 Å². The minimum absolute atomic E-state index is 0.0628. The van der Waals surface area contributed by atoms with E-state index < -0.39 is 12.1 Å². The quantitative estimate of drug-likeness (QED) is 0.782. The van der Waals surface area contributed by atoms with E-state index in [1.165, 1.54) is 7.11 Å². The molecule has 0 aliphatic rings. The molecule has 0 radical (unpaired) electrons. The molecule has 0 saturated heterocycles. The van der Waals surface area contributed by atoms with Gasteiger partial charge in [0.1, 0.15) is 5.75 Å². The third kappa shape index (κ3) is 3.21. The zero-order valence-electron chi connectivity index (χ0n) is 11.1. The van der Waals surface area contributed by atoms with Crippen LogP contribution in [0.3, 0.4) is 0 Å². The normalized spacial score (nSPS) is 12.6. The molecule has 18 heavy (non-hydrogen) atoms. The van der Waals surface area contributed by atoms with Crippen LogP contribution in [0, 0.1) is 6.92 Å². The van der Waals surface area contributed by atoms with Gasteiger partial charge < -0.3 is 19.8 Å². The lowest BCUT2D eigenvalue weighted by Crippen LogP contribution is -2.16. The van der Waals surface area contributed by atoms with Gasteiger partial charge in [-0.15, -0.1) is 0 Å². The SMILES string of the molecule is COC(=O)C(O)c1cc(C)cc(CN(C)C)c1O. The van der Waals surface area contributed by atoms with Gasteiger partial charge in [-0.1, -0.05) is 11.6 Å². The van der Waals surface area contributed by atoms with E-state index in [1.54, 1.807) is 6.07 Å². The molecule has 1 atom stereocenters. The molecule has 1 unspecified atom stereocenters. The van der Waals surface area contributed by atoms with Crippen molar-refractivity contribution in [1.29, 1.82) is 0 Å². The van der Waals surface area contributed by atoms with Crippen LogP contribution in [-0.4, -0.2) is 42.3 Å². The number of benzene rings is 1. The van der Waals surface area contributed by atoms with Crippen molar-refractivity contribution in [2.75, 3.05) is 21.2 Å². The molecular weight excluding hydrogens is 234 g/mol. The second-order valence-corrected chi connectivity index (χ2v) is 4.53. The number of carbonyl (C=O) groups excluding carboxylic acids is 1. The summed E-state index contributed by atoms with van der Waals surface area (Å²) < 4.78 is 4.47. The van der Waals surface area contributed by atoms with Gasteiger partial charge in [0.25, 0.3) is 0 Å². The van der Waals surface area contributed by atoms with Crippen molar-refractivity contribution in [3.05, 3.63) is 28.8 Å². The lowest BCUT2D eigenvalue weighted by atomic mass is 10.0. The number of ether oxygens (including phenoxy) is 1. The second kappa shape index (κ2) is 5.84. The van der Waals surface area contributed by atoms with Gasteiger partial charge in [-0.25, -0.2) is 4.79 Å². The van der Waals surface area contributed by atoms with Gasteiger partial charge >= 0.3 is 5.97 Å². The fourth-order valence-electron chi connectivity index (χ4n) is 1.79. The highest BCUT2D eigenvalue weighted by Crippen LogP contribution is 2.30. The van der Waals surface area contributed by atoms with Crippen molar-refractivity contribution in [2.24, 2.45) is 0 Å². The van der Waals surface area contributed by atoms with Crippen molar-refractivity contribution in [3.8, 4) is 5.75 Å². The molecular formula is C13H19NO4. The number of hydrogen-bond donors (Lipinski definition) is 2. The maximum atomic E-state index is 11.3. The van der Waals surface area contributed by atoms with Gasteiger partial charge in [-0.3, -0.25) is 0 Å². The summed E-state index contributed by atoms with van der Waals surface area (Å²) in [5, 5.41) is 19.9. The molecule has 0 spiro atoms. The number of phenolic OH excluding ortho intramolecular Hbond substituents is 1. The monoisotopic (exact) mass is 253 g/mol.